The van der Waals surface area contributed by atoms with Crippen LogP contribution in [-0.2, 0) is 4.79 Å². The molecule has 0 bridgehead atoms. The van der Waals surface area contributed by atoms with Gasteiger partial charge in [-0.1, -0.05) is 6.07 Å². The van der Waals surface area contributed by atoms with E-state index in [9.17, 15) is 9.18 Å². The lowest BCUT2D eigenvalue weighted by Gasteiger charge is -2.10. The molecule has 0 heterocycles. The topological polar surface area (TPSA) is 64.3 Å². The van der Waals surface area contributed by atoms with Crippen molar-refractivity contribution in [1.29, 1.82) is 0 Å². The maximum absolute atomic E-state index is 13.6. The van der Waals surface area contributed by atoms with Crippen LogP contribution in [0.3, 0.4) is 0 Å². The molecule has 0 saturated heterocycles. The Kier molecular flexibility index (Phi) is 3.81. The van der Waals surface area contributed by atoms with Gasteiger partial charge in [-0.15, -0.1) is 0 Å². The van der Waals surface area contributed by atoms with Crippen molar-refractivity contribution in [3.05, 3.63) is 29.6 Å². The smallest absolute Gasteiger partial charge is 0.258 e. The standard InChI is InChI=1S/C13H17FN2O2/c1-8(15)9-2-5-12(11(14)6-9)18-7-13(17)16-10-3-4-10/h2,5-6,8,10H,3-4,7,15H2,1H3,(H,16,17)/t8-/m1/s1. The van der Waals surface area contributed by atoms with Crippen LogP contribution in [0.2, 0.25) is 0 Å². The monoisotopic (exact) mass is 252 g/mol. The van der Waals surface area contributed by atoms with Crippen molar-refractivity contribution in [2.75, 3.05) is 6.61 Å². The van der Waals surface area contributed by atoms with Crippen molar-refractivity contribution < 1.29 is 13.9 Å². The first-order valence-electron chi connectivity index (χ1n) is 6.03. The zero-order valence-corrected chi connectivity index (χ0v) is 10.3. The first kappa shape index (κ1) is 12.8. The van der Waals surface area contributed by atoms with Gasteiger partial charge in [-0.05, 0) is 37.5 Å². The normalized spacial score (nSPS) is 16.2. The Morgan fingerprint density at radius 1 is 1.61 bits per heavy atom. The summed E-state index contributed by atoms with van der Waals surface area (Å²) in [5.74, 6) is -0.637. The summed E-state index contributed by atoms with van der Waals surface area (Å²) in [6.07, 6.45) is 2.03. The molecule has 1 fully saturated rings. The molecular formula is C13H17FN2O2. The summed E-state index contributed by atoms with van der Waals surface area (Å²) in [5, 5.41) is 2.77. The fourth-order valence-electron chi connectivity index (χ4n) is 1.56. The number of ether oxygens (including phenoxy) is 1. The van der Waals surface area contributed by atoms with Gasteiger partial charge in [-0.3, -0.25) is 4.79 Å². The maximum Gasteiger partial charge on any atom is 0.258 e. The van der Waals surface area contributed by atoms with Crippen LogP contribution in [0.1, 0.15) is 31.4 Å². The van der Waals surface area contributed by atoms with Crippen LogP contribution in [0, 0.1) is 5.82 Å². The Hall–Kier alpha value is -1.62. The molecule has 1 aliphatic carbocycles. The lowest BCUT2D eigenvalue weighted by molar-refractivity contribution is -0.123. The van der Waals surface area contributed by atoms with Crippen LogP contribution in [-0.4, -0.2) is 18.6 Å². The summed E-state index contributed by atoms with van der Waals surface area (Å²) in [6, 6.07) is 4.58. The number of rotatable bonds is 5. The predicted molar refractivity (Wildman–Crippen MR) is 65.7 cm³/mol. The van der Waals surface area contributed by atoms with Gasteiger partial charge in [0.1, 0.15) is 0 Å². The molecule has 1 aromatic carbocycles. The van der Waals surface area contributed by atoms with Gasteiger partial charge in [0.05, 0.1) is 0 Å². The van der Waals surface area contributed by atoms with Crippen LogP contribution in [0.4, 0.5) is 4.39 Å². The van der Waals surface area contributed by atoms with Crippen LogP contribution < -0.4 is 15.8 Å². The van der Waals surface area contributed by atoms with Crippen LogP contribution in [0.25, 0.3) is 0 Å². The molecule has 2 rings (SSSR count). The van der Waals surface area contributed by atoms with Gasteiger partial charge in [0.15, 0.2) is 18.2 Å². The second kappa shape index (κ2) is 5.35. The van der Waals surface area contributed by atoms with Crippen molar-refractivity contribution in [1.82, 2.24) is 5.32 Å². The fraction of sp³-hybridized carbons (Fsp3) is 0.462. The fourth-order valence-corrected chi connectivity index (χ4v) is 1.56. The van der Waals surface area contributed by atoms with Gasteiger partial charge in [-0.2, -0.15) is 0 Å². The average molecular weight is 252 g/mol. The molecule has 1 aliphatic rings. The minimum absolute atomic E-state index is 0.0744. The molecule has 5 heteroatoms. The van der Waals surface area contributed by atoms with E-state index in [1.165, 1.54) is 12.1 Å². The Balaban J connectivity index is 1.90. The number of amides is 1. The largest absolute Gasteiger partial charge is 0.481 e. The second-order valence-corrected chi connectivity index (χ2v) is 4.61. The summed E-state index contributed by atoms with van der Waals surface area (Å²) >= 11 is 0. The summed E-state index contributed by atoms with van der Waals surface area (Å²) < 4.78 is 18.8. The number of nitrogens with one attached hydrogen (secondary N) is 1. The summed E-state index contributed by atoms with van der Waals surface area (Å²) in [5.41, 5.74) is 6.34. The third-order valence-corrected chi connectivity index (χ3v) is 2.78. The van der Waals surface area contributed by atoms with E-state index < -0.39 is 5.82 Å². The van der Waals surface area contributed by atoms with E-state index in [-0.39, 0.29) is 30.3 Å². The molecule has 3 N–H and O–H groups in total. The van der Waals surface area contributed by atoms with E-state index in [1.54, 1.807) is 13.0 Å². The van der Waals surface area contributed by atoms with Crippen LogP contribution >= 0.6 is 0 Å². The van der Waals surface area contributed by atoms with E-state index in [1.807, 2.05) is 0 Å². The number of hydrogen-bond acceptors (Lipinski definition) is 3. The molecule has 1 saturated carbocycles. The van der Waals surface area contributed by atoms with Crippen molar-refractivity contribution in [2.45, 2.75) is 31.8 Å². The zero-order chi connectivity index (χ0) is 13.1. The highest BCUT2D eigenvalue weighted by Crippen LogP contribution is 2.21. The first-order valence-corrected chi connectivity index (χ1v) is 6.03. The minimum atomic E-state index is -0.496. The Labute approximate surface area is 105 Å². The molecule has 1 atom stereocenters. The van der Waals surface area contributed by atoms with Gasteiger partial charge in [-0.25, -0.2) is 4.39 Å². The van der Waals surface area contributed by atoms with E-state index in [0.29, 0.717) is 5.56 Å². The zero-order valence-electron chi connectivity index (χ0n) is 10.3. The lowest BCUT2D eigenvalue weighted by Crippen LogP contribution is -2.30. The molecule has 0 aromatic heterocycles. The third-order valence-electron chi connectivity index (χ3n) is 2.78. The molecule has 0 radical (unpaired) electrons. The van der Waals surface area contributed by atoms with Crippen LogP contribution in [0.5, 0.6) is 5.75 Å². The molecule has 0 unspecified atom stereocenters. The number of halogens is 1. The highest BCUT2D eigenvalue weighted by molar-refractivity contribution is 5.78. The summed E-state index contributed by atoms with van der Waals surface area (Å²) in [7, 11) is 0. The molecule has 1 amide bonds. The van der Waals surface area contributed by atoms with Crippen LogP contribution in [0.15, 0.2) is 18.2 Å². The highest BCUT2D eigenvalue weighted by atomic mass is 19.1. The van der Waals surface area contributed by atoms with Crippen molar-refractivity contribution in [3.8, 4) is 5.75 Å². The van der Waals surface area contributed by atoms with Crippen molar-refractivity contribution >= 4 is 5.91 Å². The SMILES string of the molecule is C[C@@H](N)c1ccc(OCC(=O)NC2CC2)c(F)c1. The number of carbonyl (C=O) groups excluding carboxylic acids is 1. The Bertz CT molecular complexity index is 445. The maximum atomic E-state index is 13.6. The van der Waals surface area contributed by atoms with Gasteiger partial charge in [0.25, 0.3) is 5.91 Å². The third kappa shape index (κ3) is 3.43. The van der Waals surface area contributed by atoms with Gasteiger partial charge in [0.2, 0.25) is 0 Å². The van der Waals surface area contributed by atoms with Crippen molar-refractivity contribution in [2.24, 2.45) is 5.73 Å². The molecule has 0 aliphatic heterocycles. The van der Waals surface area contributed by atoms with Gasteiger partial charge < -0.3 is 15.8 Å². The van der Waals surface area contributed by atoms with E-state index in [4.69, 9.17) is 10.5 Å². The first-order chi connectivity index (χ1) is 8.56. The molecule has 1 aromatic rings. The number of hydrogen-bond donors (Lipinski definition) is 2. The number of nitrogens with two attached hydrogens (primary N) is 1. The molecule has 18 heavy (non-hydrogen) atoms. The predicted octanol–water partition coefficient (Wildman–Crippen LogP) is 1.50. The molecule has 98 valence electrons. The summed E-state index contributed by atoms with van der Waals surface area (Å²) in [6.45, 7) is 1.61. The number of carbonyl (C=O) groups is 1. The lowest BCUT2D eigenvalue weighted by atomic mass is 10.1. The summed E-state index contributed by atoms with van der Waals surface area (Å²) in [4.78, 5) is 11.4. The number of benzene rings is 1. The molecule has 4 nitrogen and oxygen atoms in total. The Morgan fingerprint density at radius 2 is 2.33 bits per heavy atom. The van der Waals surface area contributed by atoms with Gasteiger partial charge in [0, 0.05) is 12.1 Å². The molecule has 0 spiro atoms. The van der Waals surface area contributed by atoms with E-state index >= 15 is 0 Å². The van der Waals surface area contributed by atoms with Gasteiger partial charge >= 0.3 is 0 Å². The second-order valence-electron chi connectivity index (χ2n) is 4.61. The van der Waals surface area contributed by atoms with E-state index in [0.717, 1.165) is 12.8 Å². The average Bonchev–Trinajstić information content (AvgIpc) is 3.11. The Morgan fingerprint density at radius 3 is 2.89 bits per heavy atom. The highest BCUT2D eigenvalue weighted by Gasteiger charge is 2.23. The van der Waals surface area contributed by atoms with E-state index in [2.05, 4.69) is 5.32 Å². The molecular weight excluding hydrogens is 235 g/mol. The van der Waals surface area contributed by atoms with Crippen molar-refractivity contribution in [3.63, 3.8) is 0 Å². The quantitative estimate of drug-likeness (QED) is 0.834. The minimum Gasteiger partial charge on any atom is -0.481 e.